The summed E-state index contributed by atoms with van der Waals surface area (Å²) in [5, 5.41) is 6.39. The molecule has 9 heteroatoms. The Balaban J connectivity index is 0.00000450. The lowest BCUT2D eigenvalue weighted by molar-refractivity contribution is 0.599. The van der Waals surface area contributed by atoms with E-state index < -0.39 is 15.7 Å². The highest BCUT2D eigenvalue weighted by Gasteiger charge is 2.13. The second-order valence-electron chi connectivity index (χ2n) is 7.09. The molecule has 2 N–H and O–H groups in total. The van der Waals surface area contributed by atoms with Crippen LogP contribution >= 0.6 is 24.0 Å². The van der Waals surface area contributed by atoms with Crippen molar-refractivity contribution in [2.45, 2.75) is 25.3 Å². The second-order valence-corrected chi connectivity index (χ2v) is 9.23. The Labute approximate surface area is 195 Å². The molecule has 2 aromatic carbocycles. The number of aliphatic imine (C=N–C) groups is 1. The summed E-state index contributed by atoms with van der Waals surface area (Å²) in [5.74, 6) is 0.0304. The predicted molar refractivity (Wildman–Crippen MR) is 133 cm³/mol. The Morgan fingerprint density at radius 3 is 2.40 bits per heavy atom. The van der Waals surface area contributed by atoms with Gasteiger partial charge in [-0.25, -0.2) is 12.8 Å². The smallest absolute Gasteiger partial charge is 0.191 e. The summed E-state index contributed by atoms with van der Waals surface area (Å²) < 4.78 is 36.9. The Kier molecular flexibility index (Phi) is 10.5. The van der Waals surface area contributed by atoms with Crippen molar-refractivity contribution in [1.29, 1.82) is 0 Å². The van der Waals surface area contributed by atoms with E-state index in [1.54, 1.807) is 7.05 Å². The normalized spacial score (nSPS) is 12.6. The first-order chi connectivity index (χ1) is 13.7. The van der Waals surface area contributed by atoms with Crippen LogP contribution in [0.25, 0.3) is 0 Å². The van der Waals surface area contributed by atoms with Gasteiger partial charge < -0.3 is 15.5 Å². The lowest BCUT2D eigenvalue weighted by Gasteiger charge is -2.28. The van der Waals surface area contributed by atoms with Crippen LogP contribution in [0.3, 0.4) is 0 Å². The first kappa shape index (κ1) is 26.2. The Hall–Kier alpha value is -1.88. The van der Waals surface area contributed by atoms with Gasteiger partial charge in [-0.05, 0) is 42.3 Å². The highest BCUT2D eigenvalue weighted by atomic mass is 127. The molecule has 0 heterocycles. The maximum Gasteiger partial charge on any atom is 0.191 e. The number of anilines is 1. The zero-order valence-corrected chi connectivity index (χ0v) is 20.9. The average molecular weight is 548 g/mol. The molecular formula is C21H30FIN4O2S. The molecule has 0 aliphatic rings. The molecule has 0 aromatic heterocycles. The van der Waals surface area contributed by atoms with Crippen molar-refractivity contribution in [3.05, 3.63) is 65.5 Å². The van der Waals surface area contributed by atoms with Crippen molar-refractivity contribution in [2.75, 3.05) is 31.8 Å². The van der Waals surface area contributed by atoms with Crippen molar-refractivity contribution in [3.8, 4) is 0 Å². The van der Waals surface area contributed by atoms with Crippen LogP contribution in [-0.2, 0) is 22.1 Å². The lowest BCUT2D eigenvalue weighted by atomic mass is 10.1. The summed E-state index contributed by atoms with van der Waals surface area (Å²) in [6.07, 6.45) is 1.17. The van der Waals surface area contributed by atoms with Crippen LogP contribution < -0.4 is 15.5 Å². The first-order valence-electron chi connectivity index (χ1n) is 9.37. The highest BCUT2D eigenvalue weighted by molar-refractivity contribution is 14.0. The SMILES string of the molecule is CN=C(NCc1cc(F)ccc1CS(C)(=O)=O)NCC(C)N(C)c1ccccc1.I. The summed E-state index contributed by atoms with van der Waals surface area (Å²) in [7, 11) is 0.471. The average Bonchev–Trinajstić information content (AvgIpc) is 2.68. The van der Waals surface area contributed by atoms with E-state index in [1.165, 1.54) is 24.5 Å². The molecule has 0 radical (unpaired) electrons. The number of rotatable bonds is 8. The van der Waals surface area contributed by atoms with Gasteiger partial charge >= 0.3 is 0 Å². The van der Waals surface area contributed by atoms with E-state index >= 15 is 0 Å². The van der Waals surface area contributed by atoms with Gasteiger partial charge in [-0.3, -0.25) is 4.99 Å². The van der Waals surface area contributed by atoms with Gasteiger partial charge in [0, 0.05) is 45.2 Å². The number of guanidine groups is 1. The van der Waals surface area contributed by atoms with E-state index in [0.717, 1.165) is 5.69 Å². The number of benzene rings is 2. The predicted octanol–water partition coefficient (Wildman–Crippen LogP) is 3.18. The molecule has 0 saturated heterocycles. The summed E-state index contributed by atoms with van der Waals surface area (Å²) >= 11 is 0. The minimum absolute atomic E-state index is 0. The molecule has 1 atom stereocenters. The van der Waals surface area contributed by atoms with Crippen LogP contribution in [0.4, 0.5) is 10.1 Å². The van der Waals surface area contributed by atoms with Crippen LogP contribution in [0.15, 0.2) is 53.5 Å². The standard InChI is InChI=1S/C21H29FN4O2S.HI/c1-16(26(3)20-8-6-5-7-9-20)13-24-21(23-2)25-14-18-12-19(22)11-10-17(18)15-29(4,27)28;/h5-12,16H,13-15H2,1-4H3,(H2,23,24,25);1H. The molecule has 30 heavy (non-hydrogen) atoms. The number of para-hydroxylation sites is 1. The summed E-state index contributed by atoms with van der Waals surface area (Å²) in [5.41, 5.74) is 2.29. The van der Waals surface area contributed by atoms with Gasteiger partial charge in [-0.15, -0.1) is 24.0 Å². The van der Waals surface area contributed by atoms with E-state index in [2.05, 4.69) is 39.6 Å². The lowest BCUT2D eigenvalue weighted by Crippen LogP contribution is -2.44. The van der Waals surface area contributed by atoms with Gasteiger partial charge in [0.15, 0.2) is 15.8 Å². The van der Waals surface area contributed by atoms with E-state index in [1.807, 2.05) is 25.2 Å². The molecule has 6 nitrogen and oxygen atoms in total. The van der Waals surface area contributed by atoms with Crippen molar-refractivity contribution >= 4 is 45.5 Å². The Bertz CT molecular complexity index is 939. The second kappa shape index (κ2) is 12.1. The van der Waals surface area contributed by atoms with E-state index in [0.29, 0.717) is 23.6 Å². The monoisotopic (exact) mass is 548 g/mol. The minimum atomic E-state index is -3.22. The number of sulfone groups is 1. The molecule has 2 aromatic rings. The minimum Gasteiger partial charge on any atom is -0.370 e. The summed E-state index contributed by atoms with van der Waals surface area (Å²) in [4.78, 5) is 6.36. The molecule has 0 saturated carbocycles. The molecular weight excluding hydrogens is 518 g/mol. The van der Waals surface area contributed by atoms with Gasteiger partial charge in [-0.1, -0.05) is 24.3 Å². The van der Waals surface area contributed by atoms with Crippen LogP contribution in [0.1, 0.15) is 18.1 Å². The number of hydrogen-bond acceptors (Lipinski definition) is 4. The molecule has 1 unspecified atom stereocenters. The van der Waals surface area contributed by atoms with E-state index in [4.69, 9.17) is 0 Å². The molecule has 0 fully saturated rings. The summed E-state index contributed by atoms with van der Waals surface area (Å²) in [6.45, 7) is 3.01. The quantitative estimate of drug-likeness (QED) is 0.301. The van der Waals surface area contributed by atoms with Crippen LogP contribution in [0.2, 0.25) is 0 Å². The van der Waals surface area contributed by atoms with Gasteiger partial charge in [0.05, 0.1) is 5.75 Å². The number of hydrogen-bond donors (Lipinski definition) is 2. The fraction of sp³-hybridized carbons (Fsp3) is 0.381. The largest absolute Gasteiger partial charge is 0.370 e. The van der Waals surface area contributed by atoms with Crippen molar-refractivity contribution in [1.82, 2.24) is 10.6 Å². The van der Waals surface area contributed by atoms with Gasteiger partial charge in [0.2, 0.25) is 0 Å². The number of likely N-dealkylation sites (N-methyl/N-ethyl adjacent to an activating group) is 1. The van der Waals surface area contributed by atoms with Crippen molar-refractivity contribution < 1.29 is 12.8 Å². The summed E-state index contributed by atoms with van der Waals surface area (Å²) in [6, 6.07) is 14.4. The van der Waals surface area contributed by atoms with Crippen LogP contribution in [0.5, 0.6) is 0 Å². The van der Waals surface area contributed by atoms with Crippen LogP contribution in [0, 0.1) is 5.82 Å². The van der Waals surface area contributed by atoms with Gasteiger partial charge in [0.25, 0.3) is 0 Å². The Morgan fingerprint density at radius 2 is 1.80 bits per heavy atom. The Morgan fingerprint density at radius 1 is 1.13 bits per heavy atom. The molecule has 2 rings (SSSR count). The zero-order chi connectivity index (χ0) is 21.4. The molecule has 0 aliphatic heterocycles. The molecule has 166 valence electrons. The van der Waals surface area contributed by atoms with E-state index in [-0.39, 0.29) is 42.3 Å². The van der Waals surface area contributed by atoms with Gasteiger partial charge in [-0.2, -0.15) is 0 Å². The number of nitrogens with one attached hydrogen (secondary N) is 2. The fourth-order valence-corrected chi connectivity index (χ4v) is 3.73. The first-order valence-corrected chi connectivity index (χ1v) is 11.4. The maximum atomic E-state index is 13.7. The number of halogens is 2. The number of nitrogens with zero attached hydrogens (tertiary/aromatic N) is 2. The molecule has 0 amide bonds. The van der Waals surface area contributed by atoms with Gasteiger partial charge in [0.1, 0.15) is 5.82 Å². The topological polar surface area (TPSA) is 73.8 Å². The highest BCUT2D eigenvalue weighted by Crippen LogP contribution is 2.15. The van der Waals surface area contributed by atoms with E-state index in [9.17, 15) is 12.8 Å². The maximum absolute atomic E-state index is 13.7. The van der Waals surface area contributed by atoms with Crippen molar-refractivity contribution in [2.24, 2.45) is 4.99 Å². The molecule has 0 spiro atoms. The molecule has 0 bridgehead atoms. The third kappa shape index (κ3) is 8.47. The van der Waals surface area contributed by atoms with Crippen molar-refractivity contribution in [3.63, 3.8) is 0 Å². The zero-order valence-electron chi connectivity index (χ0n) is 17.7. The fourth-order valence-electron chi connectivity index (χ4n) is 2.88. The third-order valence-corrected chi connectivity index (χ3v) is 5.48. The molecule has 0 aliphatic carbocycles. The van der Waals surface area contributed by atoms with Crippen LogP contribution in [-0.4, -0.2) is 47.3 Å². The third-order valence-electron chi connectivity index (χ3n) is 4.65.